The molecule has 13 heavy (non-hydrogen) atoms. The zero-order chi connectivity index (χ0) is 10.3. The largest absolute Gasteiger partial charge is 0.462 e. The van der Waals surface area contributed by atoms with Crippen LogP contribution in [0.3, 0.4) is 0 Å². The van der Waals surface area contributed by atoms with E-state index in [1.165, 1.54) is 0 Å². The summed E-state index contributed by atoms with van der Waals surface area (Å²) in [5.41, 5.74) is 5.37. The van der Waals surface area contributed by atoms with Crippen molar-refractivity contribution in [2.75, 3.05) is 19.0 Å². The van der Waals surface area contributed by atoms with Gasteiger partial charge in [0, 0.05) is 5.75 Å². The summed E-state index contributed by atoms with van der Waals surface area (Å²) in [6, 6.07) is -0.637. The van der Waals surface area contributed by atoms with Crippen LogP contribution < -0.4 is 5.73 Å². The Hall–Kier alpha value is -0.260. The van der Waals surface area contributed by atoms with Crippen LogP contribution in [0.25, 0.3) is 0 Å². The molecule has 1 atom stereocenters. The van der Waals surface area contributed by atoms with Crippen LogP contribution in [-0.4, -0.2) is 37.1 Å². The van der Waals surface area contributed by atoms with Crippen molar-refractivity contribution in [1.82, 2.24) is 0 Å². The van der Waals surface area contributed by atoms with E-state index in [1.807, 2.05) is 13.8 Å². The molecule has 78 valence electrons. The summed E-state index contributed by atoms with van der Waals surface area (Å²) in [5, 5.41) is 0. The number of hydrogen-bond acceptors (Lipinski definition) is 5. The fourth-order valence-corrected chi connectivity index (χ4v) is 0.757. The standard InChI is InChI=1S/C8H17NO3S/c1-6(2)11-3-4-12-8(10)7(9)5-13/h6-7,13H,3-5,9H2,1-2H3/t7-/m1/s1. The third kappa shape index (κ3) is 6.86. The minimum absolute atomic E-state index is 0.150. The summed E-state index contributed by atoms with van der Waals surface area (Å²) in [4.78, 5) is 11.0. The Kier molecular flexibility index (Phi) is 7.03. The number of hydrogen-bond donors (Lipinski definition) is 2. The predicted molar refractivity (Wildman–Crippen MR) is 53.9 cm³/mol. The highest BCUT2D eigenvalue weighted by atomic mass is 32.1. The van der Waals surface area contributed by atoms with Gasteiger partial charge < -0.3 is 15.2 Å². The minimum Gasteiger partial charge on any atom is -0.462 e. The molecule has 0 radical (unpaired) electrons. The highest BCUT2D eigenvalue weighted by Crippen LogP contribution is 1.91. The molecular weight excluding hydrogens is 190 g/mol. The highest BCUT2D eigenvalue weighted by molar-refractivity contribution is 7.80. The average molecular weight is 207 g/mol. The molecule has 0 aromatic rings. The van der Waals surface area contributed by atoms with Gasteiger partial charge in [-0.05, 0) is 13.8 Å². The van der Waals surface area contributed by atoms with E-state index < -0.39 is 12.0 Å². The molecule has 0 aliphatic carbocycles. The molecule has 2 N–H and O–H groups in total. The molecule has 5 heteroatoms. The fourth-order valence-electron chi connectivity index (χ4n) is 0.608. The van der Waals surface area contributed by atoms with Gasteiger partial charge in [-0.2, -0.15) is 12.6 Å². The third-order valence-electron chi connectivity index (χ3n) is 1.28. The summed E-state index contributed by atoms with van der Waals surface area (Å²) in [7, 11) is 0. The summed E-state index contributed by atoms with van der Waals surface area (Å²) in [5.74, 6) is -0.133. The van der Waals surface area contributed by atoms with Crippen LogP contribution in [0.5, 0.6) is 0 Å². The maximum atomic E-state index is 11.0. The van der Waals surface area contributed by atoms with Gasteiger partial charge in [-0.3, -0.25) is 4.79 Å². The van der Waals surface area contributed by atoms with E-state index >= 15 is 0 Å². The molecule has 0 heterocycles. The maximum absolute atomic E-state index is 11.0. The van der Waals surface area contributed by atoms with E-state index in [4.69, 9.17) is 15.2 Å². The average Bonchev–Trinajstić information content (AvgIpc) is 2.10. The minimum atomic E-state index is -0.637. The molecule has 0 amide bonds. The van der Waals surface area contributed by atoms with Crippen molar-refractivity contribution < 1.29 is 14.3 Å². The van der Waals surface area contributed by atoms with Crippen LogP contribution in [0.15, 0.2) is 0 Å². The number of carbonyl (C=O) groups is 1. The van der Waals surface area contributed by atoms with Gasteiger partial charge in [-0.1, -0.05) is 0 Å². The van der Waals surface area contributed by atoms with Crippen molar-refractivity contribution >= 4 is 18.6 Å². The second-order valence-corrected chi connectivity index (χ2v) is 3.24. The number of nitrogens with two attached hydrogens (primary N) is 1. The van der Waals surface area contributed by atoms with E-state index in [9.17, 15) is 4.79 Å². The van der Waals surface area contributed by atoms with Crippen LogP contribution in [0.1, 0.15) is 13.8 Å². The first kappa shape index (κ1) is 12.7. The lowest BCUT2D eigenvalue weighted by Gasteiger charge is -2.10. The van der Waals surface area contributed by atoms with E-state index in [2.05, 4.69) is 12.6 Å². The second-order valence-electron chi connectivity index (χ2n) is 2.88. The van der Waals surface area contributed by atoms with Crippen LogP contribution in [-0.2, 0) is 14.3 Å². The molecule has 0 spiro atoms. The van der Waals surface area contributed by atoms with Crippen molar-refractivity contribution in [2.24, 2.45) is 5.73 Å². The molecule has 0 saturated carbocycles. The SMILES string of the molecule is CC(C)OCCOC(=O)[C@H](N)CS. The summed E-state index contributed by atoms with van der Waals surface area (Å²) < 4.78 is 9.98. The molecule has 0 aliphatic heterocycles. The topological polar surface area (TPSA) is 61.5 Å². The Bertz CT molecular complexity index is 152. The van der Waals surface area contributed by atoms with E-state index in [1.54, 1.807) is 0 Å². The number of ether oxygens (including phenoxy) is 2. The first-order valence-electron chi connectivity index (χ1n) is 4.22. The Balaban J connectivity index is 3.37. The maximum Gasteiger partial charge on any atom is 0.323 e. The third-order valence-corrected chi connectivity index (χ3v) is 1.67. The number of thiol groups is 1. The van der Waals surface area contributed by atoms with E-state index in [-0.39, 0.29) is 12.7 Å². The first-order chi connectivity index (χ1) is 6.07. The van der Waals surface area contributed by atoms with Crippen molar-refractivity contribution in [1.29, 1.82) is 0 Å². The Morgan fingerprint density at radius 3 is 2.54 bits per heavy atom. The quantitative estimate of drug-likeness (QED) is 0.371. The summed E-state index contributed by atoms with van der Waals surface area (Å²) >= 11 is 3.88. The summed E-state index contributed by atoms with van der Waals surface area (Å²) in [6.07, 6.45) is 0.150. The van der Waals surface area contributed by atoms with E-state index in [0.717, 1.165) is 0 Å². The van der Waals surface area contributed by atoms with Gasteiger partial charge in [0.05, 0.1) is 12.7 Å². The van der Waals surface area contributed by atoms with Crippen molar-refractivity contribution in [3.05, 3.63) is 0 Å². The molecule has 0 aromatic carbocycles. The molecule has 0 aromatic heterocycles. The molecule has 0 unspecified atom stereocenters. The normalized spacial score (nSPS) is 13.0. The fraction of sp³-hybridized carbons (Fsp3) is 0.875. The Morgan fingerprint density at radius 1 is 1.46 bits per heavy atom. The van der Waals surface area contributed by atoms with Crippen LogP contribution in [0.4, 0.5) is 0 Å². The van der Waals surface area contributed by atoms with Gasteiger partial charge in [0.15, 0.2) is 0 Å². The highest BCUT2D eigenvalue weighted by Gasteiger charge is 2.12. The molecule has 0 rings (SSSR count). The van der Waals surface area contributed by atoms with Gasteiger partial charge >= 0.3 is 5.97 Å². The van der Waals surface area contributed by atoms with E-state index in [0.29, 0.717) is 12.4 Å². The molecular formula is C8H17NO3S. The monoisotopic (exact) mass is 207 g/mol. The Labute approximate surface area is 84.2 Å². The van der Waals surface area contributed by atoms with Crippen molar-refractivity contribution in [3.63, 3.8) is 0 Å². The van der Waals surface area contributed by atoms with Gasteiger partial charge in [0.2, 0.25) is 0 Å². The molecule has 0 fully saturated rings. The van der Waals surface area contributed by atoms with Gasteiger partial charge in [0.25, 0.3) is 0 Å². The predicted octanol–water partition coefficient (Wildman–Crippen LogP) is 0.212. The molecule has 0 saturated heterocycles. The lowest BCUT2D eigenvalue weighted by atomic mass is 10.4. The number of carbonyl (C=O) groups excluding carboxylic acids is 1. The van der Waals surface area contributed by atoms with Crippen molar-refractivity contribution in [3.8, 4) is 0 Å². The smallest absolute Gasteiger partial charge is 0.323 e. The van der Waals surface area contributed by atoms with Gasteiger partial charge in [-0.15, -0.1) is 0 Å². The van der Waals surface area contributed by atoms with Crippen LogP contribution in [0.2, 0.25) is 0 Å². The zero-order valence-corrected chi connectivity index (χ0v) is 8.92. The molecule has 0 bridgehead atoms. The second kappa shape index (κ2) is 7.17. The molecule has 4 nitrogen and oxygen atoms in total. The van der Waals surface area contributed by atoms with Gasteiger partial charge in [0.1, 0.15) is 12.6 Å². The lowest BCUT2D eigenvalue weighted by Crippen LogP contribution is -2.34. The Morgan fingerprint density at radius 2 is 2.08 bits per heavy atom. The van der Waals surface area contributed by atoms with Crippen molar-refractivity contribution in [2.45, 2.75) is 26.0 Å². The lowest BCUT2D eigenvalue weighted by molar-refractivity contribution is -0.146. The zero-order valence-electron chi connectivity index (χ0n) is 8.03. The van der Waals surface area contributed by atoms with Crippen LogP contribution in [0, 0.1) is 0 Å². The first-order valence-corrected chi connectivity index (χ1v) is 4.85. The number of esters is 1. The van der Waals surface area contributed by atoms with Crippen LogP contribution >= 0.6 is 12.6 Å². The van der Waals surface area contributed by atoms with Gasteiger partial charge in [-0.25, -0.2) is 0 Å². The summed E-state index contributed by atoms with van der Waals surface area (Å²) in [6.45, 7) is 4.49. The molecule has 0 aliphatic rings. The number of rotatable bonds is 6.